The summed E-state index contributed by atoms with van der Waals surface area (Å²) in [5, 5.41) is 22.2. The van der Waals surface area contributed by atoms with E-state index >= 15 is 0 Å². The Hall–Kier alpha value is -3.69. The van der Waals surface area contributed by atoms with Gasteiger partial charge in [-0.05, 0) is 47.6 Å². The van der Waals surface area contributed by atoms with Gasteiger partial charge in [-0.1, -0.05) is 38.1 Å². The van der Waals surface area contributed by atoms with Crippen LogP contribution < -0.4 is 16.5 Å². The molecule has 9 heteroatoms. The number of fused-ring (bicyclic) bond motifs is 1. The molecular formula is C24H26BN5O3. The van der Waals surface area contributed by atoms with Crippen molar-refractivity contribution in [2.45, 2.75) is 33.2 Å². The van der Waals surface area contributed by atoms with Crippen LogP contribution in [-0.4, -0.2) is 37.4 Å². The maximum absolute atomic E-state index is 11.9. The van der Waals surface area contributed by atoms with Crippen molar-refractivity contribution in [1.82, 2.24) is 14.4 Å². The molecule has 0 aliphatic rings. The van der Waals surface area contributed by atoms with Crippen molar-refractivity contribution in [2.24, 2.45) is 5.73 Å². The molecule has 3 aromatic heterocycles. The Balaban J connectivity index is 1.75. The zero-order valence-electron chi connectivity index (χ0n) is 18.8. The van der Waals surface area contributed by atoms with E-state index in [0.717, 1.165) is 22.5 Å². The number of carbonyl (C=O) groups excluding carboxylic acids is 1. The van der Waals surface area contributed by atoms with E-state index in [9.17, 15) is 14.8 Å². The number of nitrogens with two attached hydrogens (primary N) is 1. The molecule has 0 bridgehead atoms. The molecule has 0 atom stereocenters. The Morgan fingerprint density at radius 3 is 2.64 bits per heavy atom. The van der Waals surface area contributed by atoms with Crippen molar-refractivity contribution in [3.8, 4) is 11.5 Å². The number of nitrogens with zero attached hydrogens (tertiary/aromatic N) is 3. The minimum atomic E-state index is -1.51. The summed E-state index contributed by atoms with van der Waals surface area (Å²) in [7, 11) is -1.51. The number of nitrogens with one attached hydrogen (secondary N) is 1. The van der Waals surface area contributed by atoms with E-state index in [0.29, 0.717) is 34.7 Å². The van der Waals surface area contributed by atoms with Crippen LogP contribution in [0, 0.1) is 6.92 Å². The van der Waals surface area contributed by atoms with Crippen molar-refractivity contribution >= 4 is 29.8 Å². The molecule has 0 spiro atoms. The zero-order chi connectivity index (χ0) is 23.7. The van der Waals surface area contributed by atoms with Crippen molar-refractivity contribution in [2.75, 3.05) is 5.32 Å². The molecule has 1 aromatic carbocycles. The number of carbonyl (C=O) groups is 1. The van der Waals surface area contributed by atoms with Gasteiger partial charge in [-0.3, -0.25) is 4.79 Å². The van der Waals surface area contributed by atoms with Crippen LogP contribution in [0.2, 0.25) is 0 Å². The van der Waals surface area contributed by atoms with Crippen LogP contribution >= 0.6 is 0 Å². The summed E-state index contributed by atoms with van der Waals surface area (Å²) in [6, 6.07) is 14.4. The third-order valence-corrected chi connectivity index (χ3v) is 5.54. The third kappa shape index (κ3) is 4.60. The first kappa shape index (κ1) is 22.5. The summed E-state index contributed by atoms with van der Waals surface area (Å²) in [4.78, 5) is 21.4. The van der Waals surface area contributed by atoms with Crippen LogP contribution in [0.4, 0.5) is 5.82 Å². The summed E-state index contributed by atoms with van der Waals surface area (Å²) in [5.74, 6) is 0.883. The number of benzene rings is 1. The number of primary amides is 1. The number of hydrogen-bond acceptors (Lipinski definition) is 6. The van der Waals surface area contributed by atoms with E-state index in [1.807, 2.05) is 35.7 Å². The molecule has 1 amide bonds. The molecule has 168 valence electrons. The summed E-state index contributed by atoms with van der Waals surface area (Å²) < 4.78 is 1.89. The van der Waals surface area contributed by atoms with E-state index in [2.05, 4.69) is 19.2 Å². The molecule has 4 aromatic rings. The molecule has 3 heterocycles. The van der Waals surface area contributed by atoms with Gasteiger partial charge < -0.3 is 25.5 Å². The van der Waals surface area contributed by atoms with E-state index in [1.165, 1.54) is 0 Å². The highest BCUT2D eigenvalue weighted by atomic mass is 16.4. The fraction of sp³-hybridized carbons (Fsp3) is 0.208. The van der Waals surface area contributed by atoms with Gasteiger partial charge in [0.2, 0.25) is 0 Å². The average Bonchev–Trinajstić information content (AvgIpc) is 3.13. The molecule has 0 aliphatic heterocycles. The second kappa shape index (κ2) is 9.05. The molecule has 0 unspecified atom stereocenters. The Morgan fingerprint density at radius 2 is 1.94 bits per heavy atom. The van der Waals surface area contributed by atoms with Crippen molar-refractivity contribution < 1.29 is 14.8 Å². The lowest BCUT2D eigenvalue weighted by Gasteiger charge is -2.13. The van der Waals surface area contributed by atoms with E-state index in [4.69, 9.17) is 15.7 Å². The first-order chi connectivity index (χ1) is 15.7. The van der Waals surface area contributed by atoms with Crippen LogP contribution in [0.25, 0.3) is 17.0 Å². The second-order valence-electron chi connectivity index (χ2n) is 8.35. The minimum Gasteiger partial charge on any atom is -0.423 e. The SMILES string of the molecule is Cc1cc2c(C(N)=O)cccn2c1-c1nc(NCc2cccc(B(O)O)c2)cc(C(C)C)n1. The van der Waals surface area contributed by atoms with Gasteiger partial charge in [-0.2, -0.15) is 0 Å². The van der Waals surface area contributed by atoms with Gasteiger partial charge in [0.1, 0.15) is 5.82 Å². The number of anilines is 1. The third-order valence-electron chi connectivity index (χ3n) is 5.54. The summed E-state index contributed by atoms with van der Waals surface area (Å²) in [6.07, 6.45) is 1.87. The van der Waals surface area contributed by atoms with Crippen LogP contribution in [0.5, 0.6) is 0 Å². The Morgan fingerprint density at radius 1 is 1.15 bits per heavy atom. The maximum atomic E-state index is 11.9. The molecule has 0 fully saturated rings. The normalized spacial score (nSPS) is 11.2. The number of rotatable bonds is 7. The molecular weight excluding hydrogens is 417 g/mol. The molecule has 0 radical (unpaired) electrons. The van der Waals surface area contributed by atoms with Crippen LogP contribution in [-0.2, 0) is 6.54 Å². The molecule has 8 nitrogen and oxygen atoms in total. The van der Waals surface area contributed by atoms with Crippen LogP contribution in [0.3, 0.4) is 0 Å². The first-order valence-electron chi connectivity index (χ1n) is 10.7. The maximum Gasteiger partial charge on any atom is 0.488 e. The predicted molar refractivity (Wildman–Crippen MR) is 129 cm³/mol. The highest BCUT2D eigenvalue weighted by molar-refractivity contribution is 6.58. The lowest BCUT2D eigenvalue weighted by molar-refractivity contribution is 0.100. The topological polar surface area (TPSA) is 126 Å². The second-order valence-corrected chi connectivity index (χ2v) is 8.35. The molecule has 0 saturated heterocycles. The smallest absolute Gasteiger partial charge is 0.423 e. The lowest BCUT2D eigenvalue weighted by atomic mass is 9.80. The van der Waals surface area contributed by atoms with E-state index < -0.39 is 13.0 Å². The van der Waals surface area contributed by atoms with Gasteiger partial charge in [-0.15, -0.1) is 0 Å². The van der Waals surface area contributed by atoms with Crippen molar-refractivity contribution in [1.29, 1.82) is 0 Å². The Bertz CT molecular complexity index is 1330. The van der Waals surface area contributed by atoms with Gasteiger partial charge in [0, 0.05) is 24.5 Å². The van der Waals surface area contributed by atoms with E-state index in [1.54, 1.807) is 30.3 Å². The number of amides is 1. The Kier molecular flexibility index (Phi) is 6.17. The standard InChI is InChI=1S/C24H26BN5O3/c1-14(2)19-12-21(27-13-16-6-4-7-17(11-16)25(32)33)29-24(28-19)22-15(3)10-20-18(23(26)31)8-5-9-30(20)22/h4-12,14,32-33H,13H2,1-3H3,(H2,26,31)(H,27,28,29). The van der Waals surface area contributed by atoms with Crippen LogP contribution in [0.15, 0.2) is 54.7 Å². The van der Waals surface area contributed by atoms with Gasteiger partial charge in [-0.25, -0.2) is 9.97 Å². The van der Waals surface area contributed by atoms with E-state index in [-0.39, 0.29) is 5.92 Å². The number of aryl methyl sites for hydroxylation is 1. The van der Waals surface area contributed by atoms with Gasteiger partial charge >= 0.3 is 7.12 Å². The summed E-state index contributed by atoms with van der Waals surface area (Å²) in [6.45, 7) is 6.54. The lowest BCUT2D eigenvalue weighted by Crippen LogP contribution is -2.30. The van der Waals surface area contributed by atoms with Gasteiger partial charge in [0.15, 0.2) is 5.82 Å². The van der Waals surface area contributed by atoms with Crippen molar-refractivity contribution in [3.63, 3.8) is 0 Å². The number of aromatic nitrogens is 3. The Labute approximate surface area is 192 Å². The highest BCUT2D eigenvalue weighted by Crippen LogP contribution is 2.29. The highest BCUT2D eigenvalue weighted by Gasteiger charge is 2.18. The quantitative estimate of drug-likeness (QED) is 0.325. The van der Waals surface area contributed by atoms with Gasteiger partial charge in [0.05, 0.1) is 16.8 Å². The fourth-order valence-corrected chi connectivity index (χ4v) is 3.83. The molecule has 33 heavy (non-hydrogen) atoms. The van der Waals surface area contributed by atoms with Gasteiger partial charge in [0.25, 0.3) is 5.91 Å². The summed E-state index contributed by atoms with van der Waals surface area (Å²) in [5.41, 5.74) is 10.6. The molecule has 5 N–H and O–H groups in total. The molecule has 4 rings (SSSR count). The number of hydrogen-bond donors (Lipinski definition) is 4. The first-order valence-corrected chi connectivity index (χ1v) is 10.7. The largest absolute Gasteiger partial charge is 0.488 e. The minimum absolute atomic E-state index is 0.174. The monoisotopic (exact) mass is 443 g/mol. The van der Waals surface area contributed by atoms with Crippen molar-refractivity contribution in [3.05, 3.63) is 77.1 Å². The number of pyridine rings is 1. The van der Waals surface area contributed by atoms with Crippen LogP contribution in [0.1, 0.15) is 46.9 Å². The summed E-state index contributed by atoms with van der Waals surface area (Å²) >= 11 is 0. The average molecular weight is 443 g/mol. The zero-order valence-corrected chi connectivity index (χ0v) is 18.8. The predicted octanol–water partition coefficient (Wildman–Crippen LogP) is 2.22. The molecule has 0 aliphatic carbocycles. The molecule has 0 saturated carbocycles. The fourth-order valence-electron chi connectivity index (χ4n) is 3.83.